The lowest BCUT2D eigenvalue weighted by atomic mass is 10.2. The molecule has 3 heteroatoms. The predicted molar refractivity (Wildman–Crippen MR) is 30.7 cm³/mol. The highest BCUT2D eigenvalue weighted by Gasteiger charge is 2.15. The third-order valence-electron chi connectivity index (χ3n) is 1.23. The molecule has 1 heterocycles. The van der Waals surface area contributed by atoms with Gasteiger partial charge < -0.3 is 9.84 Å². The van der Waals surface area contributed by atoms with E-state index in [1.807, 2.05) is 0 Å². The van der Waals surface area contributed by atoms with Crippen molar-refractivity contribution in [3.8, 4) is 0 Å². The van der Waals surface area contributed by atoms with E-state index >= 15 is 0 Å². The van der Waals surface area contributed by atoms with Crippen LogP contribution in [0.15, 0.2) is 11.8 Å². The molecular formula is C6H8O3. The summed E-state index contributed by atoms with van der Waals surface area (Å²) in [6.07, 6.45) is 2.37. The van der Waals surface area contributed by atoms with E-state index in [0.717, 1.165) is 11.9 Å². The quantitative estimate of drug-likeness (QED) is 0.526. The van der Waals surface area contributed by atoms with Crippen LogP contribution in [0.3, 0.4) is 0 Å². The first-order valence-corrected chi connectivity index (χ1v) is 2.76. The number of aldehydes is 1. The summed E-state index contributed by atoms with van der Waals surface area (Å²) < 4.78 is 4.82. The van der Waals surface area contributed by atoms with Crippen LogP contribution in [0.2, 0.25) is 0 Å². The molecule has 1 N–H and O–H groups in total. The standard InChI is InChI=1S/C6H8O3/c7-2-5-1-6(3-8)9-4-5/h3-4,6-7H,1-2H2. The molecule has 9 heavy (non-hydrogen) atoms. The van der Waals surface area contributed by atoms with Crippen LogP contribution in [0.4, 0.5) is 0 Å². The zero-order valence-corrected chi connectivity index (χ0v) is 4.91. The van der Waals surface area contributed by atoms with Gasteiger partial charge in [-0.3, -0.25) is 4.79 Å². The number of carbonyl (C=O) groups is 1. The Hall–Kier alpha value is -0.830. The van der Waals surface area contributed by atoms with Crippen LogP contribution in [-0.2, 0) is 9.53 Å². The normalized spacial score (nSPS) is 25.0. The molecule has 50 valence electrons. The van der Waals surface area contributed by atoms with Crippen LogP contribution in [0.1, 0.15) is 6.42 Å². The van der Waals surface area contributed by atoms with Gasteiger partial charge in [-0.05, 0) is 5.57 Å². The summed E-state index contributed by atoms with van der Waals surface area (Å²) >= 11 is 0. The number of rotatable bonds is 2. The van der Waals surface area contributed by atoms with Gasteiger partial charge in [-0.15, -0.1) is 0 Å². The molecule has 1 atom stereocenters. The van der Waals surface area contributed by atoms with Crippen molar-refractivity contribution in [2.75, 3.05) is 6.61 Å². The minimum absolute atomic E-state index is 0.00958. The van der Waals surface area contributed by atoms with Crippen molar-refractivity contribution in [2.24, 2.45) is 0 Å². The van der Waals surface area contributed by atoms with Gasteiger partial charge in [0.25, 0.3) is 0 Å². The van der Waals surface area contributed by atoms with Crippen LogP contribution in [0.25, 0.3) is 0 Å². The summed E-state index contributed by atoms with van der Waals surface area (Å²) in [6.45, 7) is -0.00958. The Kier molecular flexibility index (Phi) is 1.85. The summed E-state index contributed by atoms with van der Waals surface area (Å²) in [5.41, 5.74) is 0.784. The van der Waals surface area contributed by atoms with E-state index in [9.17, 15) is 4.79 Å². The van der Waals surface area contributed by atoms with E-state index in [-0.39, 0.29) is 12.7 Å². The molecule has 1 aliphatic heterocycles. The van der Waals surface area contributed by atoms with Gasteiger partial charge in [-0.1, -0.05) is 0 Å². The Morgan fingerprint density at radius 1 is 2.00 bits per heavy atom. The third kappa shape index (κ3) is 1.29. The van der Waals surface area contributed by atoms with Crippen LogP contribution in [0.5, 0.6) is 0 Å². The minimum Gasteiger partial charge on any atom is -0.490 e. The minimum atomic E-state index is -0.354. The lowest BCUT2D eigenvalue weighted by Crippen LogP contribution is -2.06. The first-order valence-electron chi connectivity index (χ1n) is 2.76. The second-order valence-corrected chi connectivity index (χ2v) is 1.95. The van der Waals surface area contributed by atoms with Crippen LogP contribution in [0, 0.1) is 0 Å². The lowest BCUT2D eigenvalue weighted by Gasteiger charge is -1.97. The topological polar surface area (TPSA) is 46.5 Å². The zero-order chi connectivity index (χ0) is 6.69. The van der Waals surface area contributed by atoms with Crippen molar-refractivity contribution in [3.63, 3.8) is 0 Å². The molecule has 3 nitrogen and oxygen atoms in total. The zero-order valence-electron chi connectivity index (χ0n) is 4.91. The van der Waals surface area contributed by atoms with Gasteiger partial charge in [0.05, 0.1) is 12.9 Å². The van der Waals surface area contributed by atoms with E-state index in [4.69, 9.17) is 9.84 Å². The van der Waals surface area contributed by atoms with Crippen LogP contribution in [-0.4, -0.2) is 24.1 Å². The van der Waals surface area contributed by atoms with E-state index < -0.39 is 0 Å². The Morgan fingerprint density at radius 2 is 2.78 bits per heavy atom. The maximum Gasteiger partial charge on any atom is 0.160 e. The average molecular weight is 128 g/mol. The maximum absolute atomic E-state index is 10.0. The highest BCUT2D eigenvalue weighted by atomic mass is 16.5. The van der Waals surface area contributed by atoms with Crippen molar-refractivity contribution in [1.29, 1.82) is 0 Å². The predicted octanol–water partition coefficient (Wildman–Crippen LogP) is -0.150. The molecule has 0 bridgehead atoms. The number of aliphatic hydroxyl groups excluding tert-OH is 1. The Labute approximate surface area is 52.9 Å². The average Bonchev–Trinajstić information content (AvgIpc) is 2.34. The van der Waals surface area contributed by atoms with Crippen molar-refractivity contribution in [3.05, 3.63) is 11.8 Å². The van der Waals surface area contributed by atoms with E-state index in [1.54, 1.807) is 0 Å². The highest BCUT2D eigenvalue weighted by molar-refractivity contribution is 5.57. The first-order chi connectivity index (χ1) is 4.36. The second-order valence-electron chi connectivity index (χ2n) is 1.95. The molecule has 0 saturated carbocycles. The monoisotopic (exact) mass is 128 g/mol. The maximum atomic E-state index is 10.0. The molecule has 0 aromatic carbocycles. The summed E-state index contributed by atoms with van der Waals surface area (Å²) in [5.74, 6) is 0. The molecule has 1 unspecified atom stereocenters. The van der Waals surface area contributed by atoms with Gasteiger partial charge in [-0.25, -0.2) is 0 Å². The highest BCUT2D eigenvalue weighted by Crippen LogP contribution is 2.14. The largest absolute Gasteiger partial charge is 0.490 e. The Morgan fingerprint density at radius 3 is 3.11 bits per heavy atom. The van der Waals surface area contributed by atoms with E-state index in [2.05, 4.69) is 0 Å². The van der Waals surface area contributed by atoms with Gasteiger partial charge in [0, 0.05) is 6.42 Å². The SMILES string of the molecule is O=CC1CC(CO)=CO1. The van der Waals surface area contributed by atoms with Crippen LogP contribution >= 0.6 is 0 Å². The molecule has 0 aliphatic carbocycles. The Bertz CT molecular complexity index is 139. The fourth-order valence-electron chi connectivity index (χ4n) is 0.720. The molecule has 0 aromatic rings. The number of aliphatic hydroxyl groups is 1. The van der Waals surface area contributed by atoms with Gasteiger partial charge in [0.1, 0.15) is 0 Å². The van der Waals surface area contributed by atoms with Gasteiger partial charge in [0.15, 0.2) is 12.4 Å². The molecule has 0 spiro atoms. The first kappa shape index (κ1) is 6.29. The smallest absolute Gasteiger partial charge is 0.160 e. The molecule has 0 radical (unpaired) electrons. The molecule has 0 fully saturated rings. The molecule has 0 aromatic heterocycles. The second kappa shape index (κ2) is 2.64. The summed E-state index contributed by atoms with van der Waals surface area (Å²) in [5, 5.41) is 8.52. The third-order valence-corrected chi connectivity index (χ3v) is 1.23. The van der Waals surface area contributed by atoms with Gasteiger partial charge >= 0.3 is 0 Å². The molecule has 0 saturated heterocycles. The Balaban J connectivity index is 2.39. The van der Waals surface area contributed by atoms with Gasteiger partial charge in [-0.2, -0.15) is 0 Å². The fraction of sp³-hybridized carbons (Fsp3) is 0.500. The number of carbonyl (C=O) groups excluding carboxylic acids is 1. The van der Waals surface area contributed by atoms with Crippen molar-refractivity contribution in [2.45, 2.75) is 12.5 Å². The molecule has 1 aliphatic rings. The van der Waals surface area contributed by atoms with Crippen molar-refractivity contribution < 1.29 is 14.6 Å². The van der Waals surface area contributed by atoms with Gasteiger partial charge in [0.2, 0.25) is 0 Å². The van der Waals surface area contributed by atoms with E-state index in [0.29, 0.717) is 6.42 Å². The fourth-order valence-corrected chi connectivity index (χ4v) is 0.720. The lowest BCUT2D eigenvalue weighted by molar-refractivity contribution is -0.114. The number of ether oxygens (including phenoxy) is 1. The number of hydrogen-bond acceptors (Lipinski definition) is 3. The van der Waals surface area contributed by atoms with Crippen LogP contribution < -0.4 is 0 Å². The molecular weight excluding hydrogens is 120 g/mol. The molecule has 1 rings (SSSR count). The van der Waals surface area contributed by atoms with Crippen molar-refractivity contribution >= 4 is 6.29 Å². The number of hydrogen-bond donors (Lipinski definition) is 1. The summed E-state index contributed by atoms with van der Waals surface area (Å²) in [7, 11) is 0. The summed E-state index contributed by atoms with van der Waals surface area (Å²) in [6, 6.07) is 0. The van der Waals surface area contributed by atoms with E-state index in [1.165, 1.54) is 6.26 Å². The van der Waals surface area contributed by atoms with Crippen molar-refractivity contribution in [1.82, 2.24) is 0 Å². The summed E-state index contributed by atoms with van der Waals surface area (Å²) in [4.78, 5) is 10.0. The molecule has 0 amide bonds.